The Bertz CT molecular complexity index is 519. The Balaban J connectivity index is 2.86. The minimum atomic E-state index is -0.927. The van der Waals surface area contributed by atoms with E-state index in [2.05, 4.69) is 22.5 Å². The molecule has 5 heteroatoms. The van der Waals surface area contributed by atoms with E-state index in [4.69, 9.17) is 4.74 Å². The maximum Gasteiger partial charge on any atom is 0.313 e. The van der Waals surface area contributed by atoms with Gasteiger partial charge in [-0.2, -0.15) is 0 Å². The lowest BCUT2D eigenvalue weighted by Gasteiger charge is -2.14. The van der Waals surface area contributed by atoms with Crippen LogP contribution >= 0.6 is 15.9 Å². The van der Waals surface area contributed by atoms with Gasteiger partial charge >= 0.3 is 5.97 Å². The Kier molecular flexibility index (Phi) is 6.31. The molecule has 0 radical (unpaired) electrons. The highest BCUT2D eigenvalue weighted by Crippen LogP contribution is 2.19. The fourth-order valence-corrected chi connectivity index (χ4v) is 1.89. The molecule has 0 aliphatic heterocycles. The van der Waals surface area contributed by atoms with Crippen LogP contribution in [0.15, 0.2) is 40.9 Å². The van der Waals surface area contributed by atoms with Gasteiger partial charge in [-0.25, -0.2) is 0 Å². The molecular formula is C15H15BrO4. The van der Waals surface area contributed by atoms with Crippen LogP contribution in [-0.4, -0.2) is 24.6 Å². The molecule has 0 aliphatic carbocycles. The first-order valence-electron chi connectivity index (χ1n) is 6.09. The van der Waals surface area contributed by atoms with Crippen LogP contribution < -0.4 is 0 Å². The van der Waals surface area contributed by atoms with E-state index in [0.717, 1.165) is 4.47 Å². The van der Waals surface area contributed by atoms with Gasteiger partial charge < -0.3 is 4.74 Å². The Morgan fingerprint density at radius 3 is 2.45 bits per heavy atom. The first-order valence-corrected chi connectivity index (χ1v) is 6.88. The second-order valence-electron chi connectivity index (χ2n) is 4.13. The number of aldehydes is 1. The van der Waals surface area contributed by atoms with Crippen molar-refractivity contribution in [3.05, 3.63) is 46.5 Å². The van der Waals surface area contributed by atoms with Gasteiger partial charge in [-0.1, -0.05) is 34.6 Å². The Morgan fingerprint density at radius 1 is 1.35 bits per heavy atom. The maximum absolute atomic E-state index is 12.1. The van der Waals surface area contributed by atoms with Crippen LogP contribution in [-0.2, 0) is 14.3 Å². The molecule has 0 saturated carbocycles. The second-order valence-corrected chi connectivity index (χ2v) is 5.05. The summed E-state index contributed by atoms with van der Waals surface area (Å²) in [5.41, 5.74) is 0.523. The number of ether oxygens (including phenoxy) is 1. The molecule has 0 fully saturated rings. The van der Waals surface area contributed by atoms with E-state index in [1.54, 1.807) is 31.2 Å². The van der Waals surface area contributed by atoms with Gasteiger partial charge in [0.2, 0.25) is 0 Å². The highest BCUT2D eigenvalue weighted by atomic mass is 79.9. The number of hydrogen-bond donors (Lipinski definition) is 0. The number of hydrogen-bond acceptors (Lipinski definition) is 4. The summed E-state index contributed by atoms with van der Waals surface area (Å²) in [6.45, 7) is 5.36. The van der Waals surface area contributed by atoms with Crippen molar-refractivity contribution in [2.24, 2.45) is 5.92 Å². The number of carbonyl (C=O) groups excluding carboxylic acids is 3. The number of ketones is 1. The van der Waals surface area contributed by atoms with Gasteiger partial charge in [-0.15, -0.1) is 0 Å². The SMILES string of the molecule is C=C(C=O)[C@@H](CC(=O)c1ccc(Br)cc1)C(=O)OCC. The normalized spacial score (nSPS) is 11.5. The predicted molar refractivity (Wildman–Crippen MR) is 78.4 cm³/mol. The van der Waals surface area contributed by atoms with Gasteiger partial charge in [-0.3, -0.25) is 14.4 Å². The van der Waals surface area contributed by atoms with E-state index in [1.807, 2.05) is 0 Å². The van der Waals surface area contributed by atoms with Crippen LogP contribution in [0.5, 0.6) is 0 Å². The average Bonchev–Trinajstić information content (AvgIpc) is 2.44. The van der Waals surface area contributed by atoms with Crippen molar-refractivity contribution in [3.8, 4) is 0 Å². The average molecular weight is 339 g/mol. The summed E-state index contributed by atoms with van der Waals surface area (Å²) in [6, 6.07) is 6.78. The predicted octanol–water partition coefficient (Wildman–Crippen LogP) is 2.96. The lowest BCUT2D eigenvalue weighted by atomic mass is 9.93. The van der Waals surface area contributed by atoms with E-state index in [9.17, 15) is 14.4 Å². The first-order chi connectivity index (χ1) is 9.49. The summed E-state index contributed by atoms with van der Waals surface area (Å²) in [5.74, 6) is -1.77. The summed E-state index contributed by atoms with van der Waals surface area (Å²) in [5, 5.41) is 0. The molecule has 20 heavy (non-hydrogen) atoms. The standard InChI is InChI=1S/C15H15BrO4/c1-3-20-15(19)13(10(2)9-17)8-14(18)11-4-6-12(16)7-5-11/h4-7,9,13H,2-3,8H2,1H3/t13-/m1/s1. The number of esters is 1. The molecule has 0 unspecified atom stereocenters. The maximum atomic E-state index is 12.1. The summed E-state index contributed by atoms with van der Waals surface area (Å²) >= 11 is 3.28. The second kappa shape index (κ2) is 7.75. The molecule has 106 valence electrons. The van der Waals surface area contributed by atoms with Crippen molar-refractivity contribution in [2.75, 3.05) is 6.61 Å². The number of carbonyl (C=O) groups is 3. The summed E-state index contributed by atoms with van der Waals surface area (Å²) in [4.78, 5) is 34.7. The summed E-state index contributed by atoms with van der Waals surface area (Å²) < 4.78 is 5.72. The van der Waals surface area contributed by atoms with Crippen molar-refractivity contribution in [1.82, 2.24) is 0 Å². The van der Waals surface area contributed by atoms with Crippen LogP contribution in [0.1, 0.15) is 23.7 Å². The van der Waals surface area contributed by atoms with Gasteiger partial charge in [0, 0.05) is 16.5 Å². The van der Waals surface area contributed by atoms with Crippen molar-refractivity contribution in [1.29, 1.82) is 0 Å². The Hall–Kier alpha value is -1.75. The molecule has 1 atom stereocenters. The molecule has 0 N–H and O–H groups in total. The van der Waals surface area contributed by atoms with Gasteiger partial charge in [0.1, 0.15) is 6.29 Å². The molecule has 0 saturated heterocycles. The Morgan fingerprint density at radius 2 is 1.95 bits per heavy atom. The molecule has 1 aromatic carbocycles. The van der Waals surface area contributed by atoms with Gasteiger partial charge in [0.15, 0.2) is 5.78 Å². The van der Waals surface area contributed by atoms with Gasteiger partial charge in [0.05, 0.1) is 12.5 Å². The highest BCUT2D eigenvalue weighted by Gasteiger charge is 2.26. The first kappa shape index (κ1) is 16.3. The van der Waals surface area contributed by atoms with Crippen molar-refractivity contribution in [3.63, 3.8) is 0 Å². The van der Waals surface area contributed by atoms with Crippen LogP contribution in [0.25, 0.3) is 0 Å². The van der Waals surface area contributed by atoms with E-state index in [-0.39, 0.29) is 24.4 Å². The van der Waals surface area contributed by atoms with Gasteiger partial charge in [0.25, 0.3) is 0 Å². The highest BCUT2D eigenvalue weighted by molar-refractivity contribution is 9.10. The number of halogens is 1. The smallest absolute Gasteiger partial charge is 0.313 e. The van der Waals surface area contributed by atoms with Crippen molar-refractivity contribution in [2.45, 2.75) is 13.3 Å². The zero-order valence-electron chi connectivity index (χ0n) is 11.1. The minimum Gasteiger partial charge on any atom is -0.466 e. The molecule has 4 nitrogen and oxygen atoms in total. The zero-order valence-corrected chi connectivity index (χ0v) is 12.7. The fourth-order valence-electron chi connectivity index (χ4n) is 1.63. The minimum absolute atomic E-state index is 0.0499. The third-order valence-corrected chi connectivity index (χ3v) is 3.25. The van der Waals surface area contributed by atoms with Crippen LogP contribution in [0.2, 0.25) is 0 Å². The lowest BCUT2D eigenvalue weighted by Crippen LogP contribution is -2.23. The van der Waals surface area contributed by atoms with Crippen LogP contribution in [0.4, 0.5) is 0 Å². The number of rotatable bonds is 7. The number of benzene rings is 1. The molecular weight excluding hydrogens is 324 g/mol. The summed E-state index contributed by atoms with van der Waals surface area (Å²) in [6.07, 6.45) is 0.356. The lowest BCUT2D eigenvalue weighted by molar-refractivity contribution is -0.147. The largest absolute Gasteiger partial charge is 0.466 e. The van der Waals surface area contributed by atoms with Crippen LogP contribution in [0, 0.1) is 5.92 Å². The van der Waals surface area contributed by atoms with E-state index >= 15 is 0 Å². The zero-order chi connectivity index (χ0) is 15.1. The third kappa shape index (κ3) is 4.42. The third-order valence-electron chi connectivity index (χ3n) is 2.73. The van der Waals surface area contributed by atoms with E-state index in [0.29, 0.717) is 11.8 Å². The fraction of sp³-hybridized carbons (Fsp3) is 0.267. The topological polar surface area (TPSA) is 60.4 Å². The summed E-state index contributed by atoms with van der Waals surface area (Å²) in [7, 11) is 0. The van der Waals surface area contributed by atoms with Crippen molar-refractivity contribution < 1.29 is 19.1 Å². The van der Waals surface area contributed by atoms with Crippen molar-refractivity contribution >= 4 is 34.0 Å². The molecule has 0 heterocycles. The van der Waals surface area contributed by atoms with E-state index in [1.165, 1.54) is 0 Å². The quantitative estimate of drug-likeness (QED) is 0.332. The Labute approximate surface area is 125 Å². The van der Waals surface area contributed by atoms with E-state index < -0.39 is 11.9 Å². The molecule has 1 rings (SSSR count). The molecule has 0 aliphatic rings. The molecule has 0 bridgehead atoms. The monoisotopic (exact) mass is 338 g/mol. The molecule has 0 amide bonds. The molecule has 0 aromatic heterocycles. The molecule has 0 spiro atoms. The van der Waals surface area contributed by atoms with Crippen LogP contribution in [0.3, 0.4) is 0 Å². The number of Topliss-reactive ketones (excluding diaryl/α,β-unsaturated/α-hetero) is 1. The van der Waals surface area contributed by atoms with Gasteiger partial charge in [-0.05, 0) is 24.6 Å². The molecule has 1 aromatic rings.